The SMILES string of the molecule is Cc1onc(-c2c(F)cccc2Cl)c1C(=O)OC[C@@H]1CCC[NH+]2CCCC[C@H]12. The van der Waals surface area contributed by atoms with E-state index in [1.807, 2.05) is 0 Å². The van der Waals surface area contributed by atoms with E-state index in [1.54, 1.807) is 17.9 Å². The van der Waals surface area contributed by atoms with Crippen molar-refractivity contribution >= 4 is 17.6 Å². The molecule has 3 heterocycles. The lowest BCUT2D eigenvalue weighted by molar-refractivity contribution is -0.940. The van der Waals surface area contributed by atoms with E-state index >= 15 is 0 Å². The second-order valence-electron chi connectivity index (χ2n) is 7.82. The number of benzene rings is 1. The molecule has 5 nitrogen and oxygen atoms in total. The lowest BCUT2D eigenvalue weighted by Crippen LogP contribution is -3.18. The number of piperidine rings is 2. The summed E-state index contributed by atoms with van der Waals surface area (Å²) in [6.07, 6.45) is 5.97. The van der Waals surface area contributed by atoms with E-state index in [4.69, 9.17) is 20.9 Å². The zero-order valence-electron chi connectivity index (χ0n) is 16.0. The monoisotopic (exact) mass is 407 g/mol. The predicted molar refractivity (Wildman–Crippen MR) is 103 cm³/mol. The van der Waals surface area contributed by atoms with Crippen molar-refractivity contribution in [3.05, 3.63) is 40.4 Å². The number of ether oxygens (including phenoxy) is 1. The fourth-order valence-electron chi connectivity index (χ4n) is 4.74. The number of fused-ring (bicyclic) bond motifs is 1. The van der Waals surface area contributed by atoms with Crippen LogP contribution in [0.5, 0.6) is 0 Å². The van der Waals surface area contributed by atoms with Gasteiger partial charge in [0.05, 0.1) is 29.7 Å². The third kappa shape index (κ3) is 3.67. The van der Waals surface area contributed by atoms with Crippen LogP contribution < -0.4 is 4.90 Å². The molecule has 0 radical (unpaired) electrons. The van der Waals surface area contributed by atoms with Crippen LogP contribution in [-0.4, -0.2) is 36.9 Å². The quantitative estimate of drug-likeness (QED) is 0.789. The highest BCUT2D eigenvalue weighted by molar-refractivity contribution is 6.33. The third-order valence-corrected chi connectivity index (χ3v) is 6.44. The molecule has 7 heteroatoms. The molecule has 0 amide bonds. The van der Waals surface area contributed by atoms with Crippen LogP contribution in [0.25, 0.3) is 11.3 Å². The average molecular weight is 408 g/mol. The van der Waals surface area contributed by atoms with Crippen LogP contribution in [0, 0.1) is 18.7 Å². The number of hydrogen-bond donors (Lipinski definition) is 1. The second-order valence-corrected chi connectivity index (χ2v) is 8.23. The van der Waals surface area contributed by atoms with Crippen LogP contribution >= 0.6 is 11.6 Å². The number of carbonyl (C=O) groups excluding carboxylic acids is 1. The number of esters is 1. The van der Waals surface area contributed by atoms with E-state index in [9.17, 15) is 9.18 Å². The summed E-state index contributed by atoms with van der Waals surface area (Å²) in [6.45, 7) is 4.43. The summed E-state index contributed by atoms with van der Waals surface area (Å²) in [5.74, 6) is -0.416. The first-order valence-electron chi connectivity index (χ1n) is 9.98. The number of rotatable bonds is 4. The molecule has 1 N–H and O–H groups in total. The first kappa shape index (κ1) is 19.4. The van der Waals surface area contributed by atoms with E-state index < -0.39 is 11.8 Å². The smallest absolute Gasteiger partial charge is 0.344 e. The lowest BCUT2D eigenvalue weighted by atomic mass is 9.84. The Labute approximate surface area is 168 Å². The Morgan fingerprint density at radius 1 is 1.32 bits per heavy atom. The Bertz CT molecular complexity index is 847. The first-order valence-corrected chi connectivity index (χ1v) is 10.4. The minimum absolute atomic E-state index is 0.0635. The van der Waals surface area contributed by atoms with Gasteiger partial charge in [-0.05, 0) is 51.2 Å². The fraction of sp³-hybridized carbons (Fsp3) is 0.524. The van der Waals surface area contributed by atoms with Crippen LogP contribution in [0.4, 0.5) is 4.39 Å². The van der Waals surface area contributed by atoms with E-state index in [0.717, 1.165) is 12.8 Å². The maximum atomic E-state index is 14.3. The van der Waals surface area contributed by atoms with Crippen molar-refractivity contribution in [1.82, 2.24) is 5.16 Å². The highest BCUT2D eigenvalue weighted by Gasteiger charge is 2.37. The highest BCUT2D eigenvalue weighted by Crippen LogP contribution is 2.34. The zero-order valence-corrected chi connectivity index (χ0v) is 16.7. The molecule has 2 saturated heterocycles. The molecule has 2 fully saturated rings. The minimum Gasteiger partial charge on any atom is -0.461 e. The summed E-state index contributed by atoms with van der Waals surface area (Å²) >= 11 is 6.15. The lowest BCUT2D eigenvalue weighted by Gasteiger charge is -2.40. The van der Waals surface area contributed by atoms with E-state index in [2.05, 4.69) is 5.16 Å². The van der Waals surface area contributed by atoms with Crippen molar-refractivity contribution < 1.29 is 23.3 Å². The minimum atomic E-state index is -0.552. The Hall–Kier alpha value is -1.92. The van der Waals surface area contributed by atoms with Gasteiger partial charge < -0.3 is 14.2 Å². The van der Waals surface area contributed by atoms with Gasteiger partial charge in [-0.15, -0.1) is 0 Å². The molecule has 0 spiro atoms. The van der Waals surface area contributed by atoms with Crippen LogP contribution in [0.1, 0.15) is 48.2 Å². The summed E-state index contributed by atoms with van der Waals surface area (Å²) in [6, 6.07) is 4.91. The normalized spacial score (nSPS) is 24.6. The summed E-state index contributed by atoms with van der Waals surface area (Å²) < 4.78 is 25.2. The van der Waals surface area contributed by atoms with Crippen LogP contribution in [0.3, 0.4) is 0 Å². The molecule has 1 unspecified atom stereocenters. The van der Waals surface area contributed by atoms with Gasteiger partial charge in [-0.2, -0.15) is 0 Å². The first-order chi connectivity index (χ1) is 13.6. The van der Waals surface area contributed by atoms with Crippen molar-refractivity contribution in [3.63, 3.8) is 0 Å². The molecule has 3 atom stereocenters. The van der Waals surface area contributed by atoms with Crippen LogP contribution in [0.15, 0.2) is 22.7 Å². The summed E-state index contributed by atoms with van der Waals surface area (Å²) in [5.41, 5.74) is 0.309. The van der Waals surface area contributed by atoms with Gasteiger partial charge in [0, 0.05) is 5.92 Å². The van der Waals surface area contributed by atoms with Gasteiger partial charge in [-0.1, -0.05) is 22.8 Å². The van der Waals surface area contributed by atoms with Gasteiger partial charge in [0.1, 0.15) is 29.4 Å². The molecule has 1 aromatic heterocycles. The topological polar surface area (TPSA) is 56.8 Å². The molecule has 150 valence electrons. The largest absolute Gasteiger partial charge is 0.461 e. The third-order valence-electron chi connectivity index (χ3n) is 6.12. The molecule has 2 aromatic rings. The Morgan fingerprint density at radius 2 is 2.14 bits per heavy atom. The van der Waals surface area contributed by atoms with E-state index in [0.29, 0.717) is 24.3 Å². The zero-order chi connectivity index (χ0) is 19.7. The number of hydrogen-bond acceptors (Lipinski definition) is 4. The Kier molecular flexibility index (Phi) is 5.69. The number of nitrogens with one attached hydrogen (secondary N) is 1. The molecule has 2 aliphatic rings. The molecule has 0 bridgehead atoms. The number of aryl methyl sites for hydroxylation is 1. The molecule has 28 heavy (non-hydrogen) atoms. The van der Waals surface area contributed by atoms with E-state index in [1.165, 1.54) is 44.5 Å². The standard InChI is InChI=1S/C21H24ClFN2O3/c1-13-18(20(24-28-13)19-15(22)7-4-8-16(19)23)21(26)27-12-14-6-5-11-25-10-3-2-9-17(14)25/h4,7-8,14,17H,2-3,5-6,9-12H2,1H3/p+1/t14-,17+/m0/s1. The van der Waals surface area contributed by atoms with Crippen LogP contribution in [0.2, 0.25) is 5.02 Å². The van der Waals surface area contributed by atoms with Crippen molar-refractivity contribution in [1.29, 1.82) is 0 Å². The fourth-order valence-corrected chi connectivity index (χ4v) is 4.99. The summed E-state index contributed by atoms with van der Waals surface area (Å²) in [5, 5.41) is 4.06. The summed E-state index contributed by atoms with van der Waals surface area (Å²) in [7, 11) is 0. The number of nitrogens with zero attached hydrogens (tertiary/aromatic N) is 1. The number of quaternary nitrogens is 1. The van der Waals surface area contributed by atoms with Gasteiger partial charge in [-0.25, -0.2) is 9.18 Å². The number of carbonyl (C=O) groups is 1. The second kappa shape index (κ2) is 8.21. The maximum absolute atomic E-state index is 14.3. The molecule has 0 saturated carbocycles. The molecular formula is C21H25ClFN2O3+. The van der Waals surface area contributed by atoms with Crippen molar-refractivity contribution in [2.75, 3.05) is 19.7 Å². The highest BCUT2D eigenvalue weighted by atomic mass is 35.5. The van der Waals surface area contributed by atoms with Gasteiger partial charge in [0.25, 0.3) is 0 Å². The van der Waals surface area contributed by atoms with Crippen LogP contribution in [-0.2, 0) is 4.74 Å². The van der Waals surface area contributed by atoms with Crippen molar-refractivity contribution in [2.24, 2.45) is 5.92 Å². The van der Waals surface area contributed by atoms with Gasteiger partial charge >= 0.3 is 5.97 Å². The molecule has 1 aromatic carbocycles. The summed E-state index contributed by atoms with van der Waals surface area (Å²) in [4.78, 5) is 14.5. The maximum Gasteiger partial charge on any atom is 0.344 e. The molecule has 2 aliphatic heterocycles. The van der Waals surface area contributed by atoms with E-state index in [-0.39, 0.29) is 21.8 Å². The average Bonchev–Trinajstić information content (AvgIpc) is 3.07. The predicted octanol–water partition coefficient (Wildman–Crippen LogP) is 3.45. The van der Waals surface area contributed by atoms with Crippen molar-refractivity contribution in [2.45, 2.75) is 45.1 Å². The molecule has 4 rings (SSSR count). The van der Waals surface area contributed by atoms with Gasteiger partial charge in [-0.3, -0.25) is 0 Å². The number of halogens is 2. The Morgan fingerprint density at radius 3 is 2.96 bits per heavy atom. The van der Waals surface area contributed by atoms with Gasteiger partial charge in [0.2, 0.25) is 0 Å². The molecular weight excluding hydrogens is 383 g/mol. The Balaban J connectivity index is 1.52. The van der Waals surface area contributed by atoms with Gasteiger partial charge in [0.15, 0.2) is 0 Å². The number of aromatic nitrogens is 1. The van der Waals surface area contributed by atoms with Crippen molar-refractivity contribution in [3.8, 4) is 11.3 Å². The molecule has 0 aliphatic carbocycles.